The Labute approximate surface area is 121 Å². The van der Waals surface area contributed by atoms with E-state index in [4.69, 9.17) is 9.57 Å². The second-order valence-corrected chi connectivity index (χ2v) is 6.34. The van der Waals surface area contributed by atoms with Gasteiger partial charge >= 0.3 is 0 Å². The van der Waals surface area contributed by atoms with E-state index in [1.807, 2.05) is 12.1 Å². The van der Waals surface area contributed by atoms with Crippen LogP contribution in [-0.2, 0) is 4.84 Å². The number of hydrogen-bond donors (Lipinski definition) is 1. The number of nitrogens with zero attached hydrogens (tertiary/aromatic N) is 2. The third-order valence-corrected chi connectivity index (χ3v) is 3.61. The first-order valence-corrected chi connectivity index (χ1v) is 6.88. The number of rotatable bonds is 2. The van der Waals surface area contributed by atoms with Gasteiger partial charge in [0.1, 0.15) is 12.3 Å². The van der Waals surface area contributed by atoms with E-state index < -0.39 is 0 Å². The summed E-state index contributed by atoms with van der Waals surface area (Å²) >= 11 is 3.38. The maximum absolute atomic E-state index is 5.31. The summed E-state index contributed by atoms with van der Waals surface area (Å²) in [5.74, 6) is 1.16. The molecule has 6 heteroatoms. The van der Waals surface area contributed by atoms with Gasteiger partial charge in [0.05, 0.1) is 17.6 Å². The van der Waals surface area contributed by atoms with E-state index >= 15 is 0 Å². The number of oxime groups is 1. The second-order valence-electron chi connectivity index (χ2n) is 5.49. The lowest BCUT2D eigenvalue weighted by molar-refractivity contribution is 0.0721. The Morgan fingerprint density at radius 1 is 1.42 bits per heavy atom. The summed E-state index contributed by atoms with van der Waals surface area (Å²) in [7, 11) is 1.58. The fourth-order valence-electron chi connectivity index (χ4n) is 1.70. The third-order valence-electron chi connectivity index (χ3n) is 3.00. The van der Waals surface area contributed by atoms with Gasteiger partial charge in [-0.25, -0.2) is 4.98 Å². The van der Waals surface area contributed by atoms with Crippen LogP contribution < -0.4 is 10.1 Å². The van der Waals surface area contributed by atoms with Crippen molar-refractivity contribution in [3.8, 4) is 5.88 Å². The molecule has 1 aromatic heterocycles. The molecule has 0 fully saturated rings. The Morgan fingerprint density at radius 2 is 2.16 bits per heavy atom. The minimum absolute atomic E-state index is 0.0840. The van der Waals surface area contributed by atoms with Gasteiger partial charge in [-0.2, -0.15) is 0 Å². The Morgan fingerprint density at radius 3 is 2.79 bits per heavy atom. The molecule has 0 amide bonds. The molecular formula is C13H18BrN3O2. The molecule has 0 aliphatic carbocycles. The van der Waals surface area contributed by atoms with Gasteiger partial charge in [0, 0.05) is 0 Å². The lowest BCUT2D eigenvalue weighted by Gasteiger charge is -2.33. The van der Waals surface area contributed by atoms with E-state index in [0.29, 0.717) is 24.0 Å². The number of aromatic nitrogens is 1. The van der Waals surface area contributed by atoms with Gasteiger partial charge in [0.25, 0.3) is 0 Å². The summed E-state index contributed by atoms with van der Waals surface area (Å²) < 4.78 is 6.00. The molecule has 0 aromatic carbocycles. The zero-order chi connectivity index (χ0) is 14.0. The van der Waals surface area contributed by atoms with Gasteiger partial charge in [-0.05, 0) is 33.5 Å². The number of pyridine rings is 1. The minimum atomic E-state index is 0.0840. The second kappa shape index (κ2) is 5.36. The Balaban J connectivity index is 2.25. The van der Waals surface area contributed by atoms with E-state index in [1.54, 1.807) is 7.11 Å². The maximum Gasteiger partial charge on any atom is 0.228 e. The molecule has 0 bridgehead atoms. The molecule has 0 saturated heterocycles. The van der Waals surface area contributed by atoms with Crippen molar-refractivity contribution in [1.29, 1.82) is 0 Å². The number of halogens is 1. The Bertz CT molecular complexity index is 497. The quantitative estimate of drug-likeness (QED) is 0.906. The summed E-state index contributed by atoms with van der Waals surface area (Å²) in [4.78, 5) is 9.70. The van der Waals surface area contributed by atoms with E-state index in [2.05, 4.69) is 52.2 Å². The predicted molar refractivity (Wildman–Crippen MR) is 77.4 cm³/mol. The Hall–Kier alpha value is -1.30. The number of hydrogen-bond acceptors (Lipinski definition) is 5. The standard InChI is InChI=1S/C13H18BrN3O2/c1-13(2,3)10-7-19-17-11(16-10)9-6-5-8(14)12(15-9)18-4/h5-6,10H,7H2,1-4H3,(H,16,17). The van der Waals surface area contributed by atoms with Crippen LogP contribution in [0.3, 0.4) is 0 Å². The van der Waals surface area contributed by atoms with E-state index in [9.17, 15) is 0 Å². The molecule has 1 aliphatic rings. The molecule has 0 saturated carbocycles. The Kier molecular flexibility index (Phi) is 3.99. The normalized spacial score (nSPS) is 19.2. The van der Waals surface area contributed by atoms with Gasteiger partial charge in [-0.1, -0.05) is 25.9 Å². The zero-order valence-electron chi connectivity index (χ0n) is 11.5. The van der Waals surface area contributed by atoms with Crippen LogP contribution in [0.1, 0.15) is 26.5 Å². The number of amidine groups is 1. The number of methoxy groups -OCH3 is 1. The van der Waals surface area contributed by atoms with Crippen LogP contribution in [0.5, 0.6) is 5.88 Å². The minimum Gasteiger partial charge on any atom is -0.480 e. The number of ether oxygens (including phenoxy) is 1. The molecule has 104 valence electrons. The average molecular weight is 328 g/mol. The van der Waals surface area contributed by atoms with Crippen LogP contribution in [0.25, 0.3) is 0 Å². The molecule has 1 N–H and O–H groups in total. The van der Waals surface area contributed by atoms with E-state index in [-0.39, 0.29) is 11.5 Å². The van der Waals surface area contributed by atoms with Crippen molar-refractivity contribution >= 4 is 21.8 Å². The third kappa shape index (κ3) is 3.18. The van der Waals surface area contributed by atoms with Gasteiger partial charge in [0.2, 0.25) is 5.88 Å². The SMILES string of the molecule is COc1nc(C2=NOCC(C(C)(C)C)N2)ccc1Br. The molecule has 1 aromatic rings. The van der Waals surface area contributed by atoms with E-state index in [1.165, 1.54) is 0 Å². The maximum atomic E-state index is 5.31. The monoisotopic (exact) mass is 327 g/mol. The fourth-order valence-corrected chi connectivity index (χ4v) is 2.08. The molecule has 2 rings (SSSR count). The highest BCUT2D eigenvalue weighted by Crippen LogP contribution is 2.24. The molecule has 2 heterocycles. The van der Waals surface area contributed by atoms with Crippen LogP contribution in [0.15, 0.2) is 21.8 Å². The summed E-state index contributed by atoms with van der Waals surface area (Å²) in [6.45, 7) is 7.03. The molecule has 19 heavy (non-hydrogen) atoms. The summed E-state index contributed by atoms with van der Waals surface area (Å²) in [6, 6.07) is 3.94. The molecule has 1 aliphatic heterocycles. The van der Waals surface area contributed by atoms with Gasteiger partial charge in [0.15, 0.2) is 5.84 Å². The molecule has 5 nitrogen and oxygen atoms in total. The fraction of sp³-hybridized carbons (Fsp3) is 0.538. The van der Waals surface area contributed by atoms with Crippen LogP contribution >= 0.6 is 15.9 Å². The van der Waals surface area contributed by atoms with Crippen LogP contribution in [0.4, 0.5) is 0 Å². The number of nitrogens with one attached hydrogen (secondary N) is 1. The highest BCUT2D eigenvalue weighted by Gasteiger charge is 2.30. The lowest BCUT2D eigenvalue weighted by Crippen LogP contribution is -2.49. The van der Waals surface area contributed by atoms with Gasteiger partial charge < -0.3 is 14.9 Å². The summed E-state index contributed by atoms with van der Waals surface area (Å²) in [6.07, 6.45) is 0. The van der Waals surface area contributed by atoms with Crippen LogP contribution in [-0.4, -0.2) is 30.6 Å². The van der Waals surface area contributed by atoms with Crippen molar-refractivity contribution in [3.05, 3.63) is 22.3 Å². The van der Waals surface area contributed by atoms with Crippen LogP contribution in [0.2, 0.25) is 0 Å². The topological polar surface area (TPSA) is 55.7 Å². The van der Waals surface area contributed by atoms with Crippen molar-refractivity contribution in [1.82, 2.24) is 10.3 Å². The highest BCUT2D eigenvalue weighted by atomic mass is 79.9. The van der Waals surface area contributed by atoms with Crippen LogP contribution in [0, 0.1) is 5.41 Å². The first-order valence-electron chi connectivity index (χ1n) is 6.09. The molecule has 1 atom stereocenters. The summed E-state index contributed by atoms with van der Waals surface area (Å²) in [5.41, 5.74) is 0.787. The van der Waals surface area contributed by atoms with Gasteiger partial charge in [-0.15, -0.1) is 0 Å². The average Bonchev–Trinajstić information content (AvgIpc) is 2.38. The molecule has 0 radical (unpaired) electrons. The smallest absolute Gasteiger partial charge is 0.228 e. The molecular weight excluding hydrogens is 310 g/mol. The lowest BCUT2D eigenvalue weighted by atomic mass is 9.87. The van der Waals surface area contributed by atoms with Crippen molar-refractivity contribution in [2.45, 2.75) is 26.8 Å². The van der Waals surface area contributed by atoms with Crippen molar-refractivity contribution in [2.24, 2.45) is 10.6 Å². The van der Waals surface area contributed by atoms with Crippen molar-refractivity contribution < 1.29 is 9.57 Å². The van der Waals surface area contributed by atoms with Crippen molar-refractivity contribution in [2.75, 3.05) is 13.7 Å². The largest absolute Gasteiger partial charge is 0.480 e. The van der Waals surface area contributed by atoms with Gasteiger partial charge in [-0.3, -0.25) is 0 Å². The van der Waals surface area contributed by atoms with Crippen molar-refractivity contribution in [3.63, 3.8) is 0 Å². The zero-order valence-corrected chi connectivity index (χ0v) is 13.1. The molecule has 0 spiro atoms. The molecule has 1 unspecified atom stereocenters. The van der Waals surface area contributed by atoms with E-state index in [0.717, 1.165) is 4.47 Å². The first-order chi connectivity index (χ1) is 8.91. The first kappa shape index (κ1) is 14.1. The summed E-state index contributed by atoms with van der Waals surface area (Å²) in [5, 5.41) is 7.41. The highest BCUT2D eigenvalue weighted by molar-refractivity contribution is 9.10. The predicted octanol–water partition coefficient (Wildman–Crippen LogP) is 2.55.